The first-order chi connectivity index (χ1) is 14.1. The van der Waals surface area contributed by atoms with E-state index in [1.807, 2.05) is 0 Å². The van der Waals surface area contributed by atoms with Gasteiger partial charge in [0.1, 0.15) is 18.1 Å². The number of furan rings is 1. The zero-order chi connectivity index (χ0) is 20.5. The zero-order valence-corrected chi connectivity index (χ0v) is 15.7. The number of carbonyl (C=O) groups excluding carboxylic acids is 3. The Morgan fingerprint density at radius 2 is 1.97 bits per heavy atom. The highest BCUT2D eigenvalue weighted by Crippen LogP contribution is 2.17. The first-order valence-electron chi connectivity index (χ1n) is 9.22. The van der Waals surface area contributed by atoms with E-state index in [4.69, 9.17) is 18.6 Å². The molecule has 0 aliphatic carbocycles. The summed E-state index contributed by atoms with van der Waals surface area (Å²) < 4.78 is 21.1. The van der Waals surface area contributed by atoms with Gasteiger partial charge in [-0.3, -0.25) is 10.1 Å². The molecule has 1 fully saturated rings. The molecule has 9 nitrogen and oxygen atoms in total. The predicted octanol–water partition coefficient (Wildman–Crippen LogP) is 2.02. The highest BCUT2D eigenvalue weighted by molar-refractivity contribution is 5.97. The third kappa shape index (κ3) is 6.65. The number of amides is 3. The Bertz CT molecular complexity index is 812. The van der Waals surface area contributed by atoms with Crippen molar-refractivity contribution in [2.45, 2.75) is 25.5 Å². The molecule has 2 N–H and O–H groups in total. The van der Waals surface area contributed by atoms with E-state index in [1.54, 1.807) is 36.4 Å². The summed E-state index contributed by atoms with van der Waals surface area (Å²) in [6, 6.07) is 9.03. The number of nitrogens with one attached hydrogen (secondary N) is 2. The standard InChI is InChI=1S/C20H22N2O7/c23-18(22-20(25)21-11-16-3-1-9-26-16)13-29-19(24)14-5-7-15(8-6-14)28-12-17-4-2-10-27-17/h1,3,5-9,17H,2,4,10-13H2,(H2,21,22,23,25)/t17-/m0/s1. The Labute approximate surface area is 167 Å². The maximum atomic E-state index is 12.0. The molecule has 154 valence electrons. The fourth-order valence-electron chi connectivity index (χ4n) is 2.65. The molecule has 1 aromatic carbocycles. The minimum atomic E-state index is -0.744. The fourth-order valence-corrected chi connectivity index (χ4v) is 2.65. The molecule has 0 saturated carbocycles. The normalized spacial score (nSPS) is 15.5. The van der Waals surface area contributed by atoms with E-state index in [-0.39, 0.29) is 18.2 Å². The second-order valence-corrected chi connectivity index (χ2v) is 6.36. The zero-order valence-electron chi connectivity index (χ0n) is 15.7. The lowest BCUT2D eigenvalue weighted by molar-refractivity contribution is -0.123. The van der Waals surface area contributed by atoms with Gasteiger partial charge in [0, 0.05) is 6.61 Å². The molecule has 1 saturated heterocycles. The maximum absolute atomic E-state index is 12.0. The molecule has 0 unspecified atom stereocenters. The smallest absolute Gasteiger partial charge is 0.338 e. The highest BCUT2D eigenvalue weighted by atomic mass is 16.5. The van der Waals surface area contributed by atoms with Gasteiger partial charge >= 0.3 is 12.0 Å². The summed E-state index contributed by atoms with van der Waals surface area (Å²) in [5.41, 5.74) is 0.268. The number of benzene rings is 1. The van der Waals surface area contributed by atoms with Crippen molar-refractivity contribution in [3.8, 4) is 5.75 Å². The number of carbonyl (C=O) groups is 3. The topological polar surface area (TPSA) is 116 Å². The van der Waals surface area contributed by atoms with E-state index in [2.05, 4.69) is 10.6 Å². The van der Waals surface area contributed by atoms with Crippen LogP contribution < -0.4 is 15.4 Å². The van der Waals surface area contributed by atoms with Gasteiger partial charge in [-0.2, -0.15) is 0 Å². The first kappa shape index (κ1) is 20.4. The van der Waals surface area contributed by atoms with E-state index < -0.39 is 24.5 Å². The van der Waals surface area contributed by atoms with Crippen molar-refractivity contribution in [3.63, 3.8) is 0 Å². The van der Waals surface area contributed by atoms with Gasteiger partial charge < -0.3 is 23.9 Å². The van der Waals surface area contributed by atoms with Crippen LogP contribution in [0.3, 0.4) is 0 Å². The molecule has 3 amide bonds. The lowest BCUT2D eigenvalue weighted by atomic mass is 10.2. The number of ether oxygens (including phenoxy) is 3. The summed E-state index contributed by atoms with van der Waals surface area (Å²) in [5, 5.41) is 4.51. The predicted molar refractivity (Wildman–Crippen MR) is 100 cm³/mol. The summed E-state index contributed by atoms with van der Waals surface area (Å²) in [7, 11) is 0. The van der Waals surface area contributed by atoms with Crippen LogP contribution in [-0.4, -0.2) is 43.8 Å². The molecule has 2 aromatic rings. The molecule has 0 radical (unpaired) electrons. The van der Waals surface area contributed by atoms with Gasteiger partial charge in [-0.05, 0) is 49.2 Å². The quantitative estimate of drug-likeness (QED) is 0.649. The van der Waals surface area contributed by atoms with Gasteiger partial charge in [0.25, 0.3) is 5.91 Å². The van der Waals surface area contributed by atoms with Crippen molar-refractivity contribution in [2.24, 2.45) is 0 Å². The second-order valence-electron chi connectivity index (χ2n) is 6.36. The summed E-state index contributed by atoms with van der Waals surface area (Å²) >= 11 is 0. The molecule has 2 heterocycles. The van der Waals surface area contributed by atoms with Crippen LogP contribution in [0, 0.1) is 0 Å². The largest absolute Gasteiger partial charge is 0.491 e. The summed E-state index contributed by atoms with van der Waals surface area (Å²) in [6.07, 6.45) is 3.60. The fraction of sp³-hybridized carbons (Fsp3) is 0.350. The molecule has 1 aliphatic rings. The highest BCUT2D eigenvalue weighted by Gasteiger charge is 2.16. The van der Waals surface area contributed by atoms with Crippen LogP contribution in [0.4, 0.5) is 4.79 Å². The van der Waals surface area contributed by atoms with Crippen molar-refractivity contribution in [3.05, 3.63) is 54.0 Å². The molecule has 9 heteroatoms. The van der Waals surface area contributed by atoms with Crippen molar-refractivity contribution in [2.75, 3.05) is 19.8 Å². The second kappa shape index (κ2) is 10.3. The molecule has 29 heavy (non-hydrogen) atoms. The number of rotatable bonds is 8. The molecule has 3 rings (SSSR count). The Kier molecular flexibility index (Phi) is 7.23. The van der Waals surface area contributed by atoms with Crippen LogP contribution >= 0.6 is 0 Å². The van der Waals surface area contributed by atoms with Crippen LogP contribution in [0.5, 0.6) is 5.75 Å². The van der Waals surface area contributed by atoms with Gasteiger partial charge in [-0.1, -0.05) is 0 Å². The van der Waals surface area contributed by atoms with Crippen LogP contribution in [0.2, 0.25) is 0 Å². The number of urea groups is 1. The number of esters is 1. The van der Waals surface area contributed by atoms with Crippen molar-refractivity contribution < 1.29 is 33.0 Å². The van der Waals surface area contributed by atoms with Gasteiger partial charge in [-0.15, -0.1) is 0 Å². The van der Waals surface area contributed by atoms with Crippen LogP contribution in [-0.2, 0) is 20.8 Å². The monoisotopic (exact) mass is 402 g/mol. The van der Waals surface area contributed by atoms with Gasteiger partial charge in [0.05, 0.1) is 24.5 Å². The molecule has 1 aromatic heterocycles. The van der Waals surface area contributed by atoms with E-state index in [0.29, 0.717) is 18.1 Å². The molecular weight excluding hydrogens is 380 g/mol. The summed E-state index contributed by atoms with van der Waals surface area (Å²) in [4.78, 5) is 35.3. The SMILES string of the molecule is O=C(COC(=O)c1ccc(OC[C@@H]2CCCO2)cc1)NC(=O)NCc1ccco1. The van der Waals surface area contributed by atoms with E-state index in [1.165, 1.54) is 6.26 Å². The average Bonchev–Trinajstić information content (AvgIpc) is 3.43. The molecule has 1 atom stereocenters. The summed E-state index contributed by atoms with van der Waals surface area (Å²) in [6.45, 7) is 0.779. The molecule has 0 spiro atoms. The van der Waals surface area contributed by atoms with Crippen molar-refractivity contribution >= 4 is 17.9 Å². The Morgan fingerprint density at radius 1 is 1.14 bits per heavy atom. The van der Waals surface area contributed by atoms with E-state index >= 15 is 0 Å². The van der Waals surface area contributed by atoms with Crippen molar-refractivity contribution in [1.82, 2.24) is 10.6 Å². The molecule has 1 aliphatic heterocycles. The molecule has 0 bridgehead atoms. The maximum Gasteiger partial charge on any atom is 0.338 e. The Balaban J connectivity index is 1.35. The van der Waals surface area contributed by atoms with Crippen molar-refractivity contribution in [1.29, 1.82) is 0 Å². The minimum Gasteiger partial charge on any atom is -0.491 e. The first-order valence-corrected chi connectivity index (χ1v) is 9.22. The molecular formula is C20H22N2O7. The minimum absolute atomic E-state index is 0.106. The average molecular weight is 402 g/mol. The van der Waals surface area contributed by atoms with Gasteiger partial charge in [0.2, 0.25) is 0 Å². The number of imide groups is 1. The van der Waals surface area contributed by atoms with E-state index in [9.17, 15) is 14.4 Å². The third-order valence-electron chi connectivity index (χ3n) is 4.14. The summed E-state index contributed by atoms with van der Waals surface area (Å²) in [5.74, 6) is -0.265. The number of hydrogen-bond donors (Lipinski definition) is 2. The Morgan fingerprint density at radius 3 is 2.66 bits per heavy atom. The lowest BCUT2D eigenvalue weighted by Gasteiger charge is -2.11. The lowest BCUT2D eigenvalue weighted by Crippen LogP contribution is -2.41. The van der Waals surface area contributed by atoms with Crippen LogP contribution in [0.25, 0.3) is 0 Å². The van der Waals surface area contributed by atoms with Crippen LogP contribution in [0.1, 0.15) is 29.0 Å². The van der Waals surface area contributed by atoms with Gasteiger partial charge in [0.15, 0.2) is 6.61 Å². The van der Waals surface area contributed by atoms with Gasteiger partial charge in [-0.25, -0.2) is 9.59 Å². The third-order valence-corrected chi connectivity index (χ3v) is 4.14. The van der Waals surface area contributed by atoms with E-state index in [0.717, 1.165) is 19.4 Å². The number of hydrogen-bond acceptors (Lipinski definition) is 7. The Hall–Kier alpha value is -3.33. The van der Waals surface area contributed by atoms with Crippen LogP contribution in [0.15, 0.2) is 47.1 Å².